The average Bonchev–Trinajstić information content (AvgIpc) is 2.76. The van der Waals surface area contributed by atoms with Crippen LogP contribution in [0.25, 0.3) is 5.69 Å². The van der Waals surface area contributed by atoms with Crippen molar-refractivity contribution in [2.75, 3.05) is 0 Å². The zero-order chi connectivity index (χ0) is 13.1. The Morgan fingerprint density at radius 2 is 2.17 bits per heavy atom. The molecule has 0 aliphatic heterocycles. The molecule has 0 amide bonds. The van der Waals surface area contributed by atoms with Crippen LogP contribution in [0.1, 0.15) is 30.3 Å². The first-order chi connectivity index (χ1) is 8.67. The molecule has 0 unspecified atom stereocenters. The molecule has 0 saturated heterocycles. The van der Waals surface area contributed by atoms with E-state index in [4.69, 9.17) is 17.3 Å². The van der Waals surface area contributed by atoms with Crippen LogP contribution in [0.5, 0.6) is 0 Å². The topological polar surface area (TPSA) is 56.7 Å². The van der Waals surface area contributed by atoms with Crippen LogP contribution in [-0.2, 0) is 13.0 Å². The molecule has 1 aromatic heterocycles. The summed E-state index contributed by atoms with van der Waals surface area (Å²) in [5.74, 6) is 0. The van der Waals surface area contributed by atoms with Gasteiger partial charge in [0.15, 0.2) is 0 Å². The third-order valence-corrected chi connectivity index (χ3v) is 3.33. The van der Waals surface area contributed by atoms with Gasteiger partial charge in [-0.15, -0.1) is 5.10 Å². The van der Waals surface area contributed by atoms with Gasteiger partial charge in [-0.3, -0.25) is 0 Å². The molecule has 2 N–H and O–H groups in total. The summed E-state index contributed by atoms with van der Waals surface area (Å²) in [7, 11) is 0. The van der Waals surface area contributed by atoms with Gasteiger partial charge in [0.1, 0.15) is 0 Å². The second-order valence-electron chi connectivity index (χ2n) is 4.28. The standard InChI is InChI=1S/C13H17ClN4/c1-3-4-13-12(8-15)16-17-18(13)10-6-5-9(2)11(14)7-10/h5-7H,3-4,8,15H2,1-2H3. The minimum absolute atomic E-state index is 0.412. The number of rotatable bonds is 4. The van der Waals surface area contributed by atoms with Crippen LogP contribution in [0, 0.1) is 6.92 Å². The van der Waals surface area contributed by atoms with Crippen LogP contribution in [0.2, 0.25) is 5.02 Å². The molecule has 0 spiro atoms. The number of aryl methyl sites for hydroxylation is 1. The summed E-state index contributed by atoms with van der Waals surface area (Å²) in [5.41, 5.74) is 9.59. The van der Waals surface area contributed by atoms with Crippen LogP contribution in [0.4, 0.5) is 0 Å². The van der Waals surface area contributed by atoms with E-state index in [9.17, 15) is 0 Å². The van der Waals surface area contributed by atoms with Crippen molar-refractivity contribution in [2.24, 2.45) is 5.73 Å². The molecule has 0 saturated carbocycles. The Balaban J connectivity index is 2.49. The molecular formula is C13H17ClN4. The molecule has 0 fully saturated rings. The van der Waals surface area contributed by atoms with E-state index in [1.165, 1.54) is 0 Å². The molecule has 5 heteroatoms. The summed E-state index contributed by atoms with van der Waals surface area (Å²) in [6, 6.07) is 5.89. The Labute approximate surface area is 112 Å². The Morgan fingerprint density at radius 3 is 2.78 bits per heavy atom. The highest BCUT2D eigenvalue weighted by Gasteiger charge is 2.12. The van der Waals surface area contributed by atoms with Gasteiger partial charge in [-0.1, -0.05) is 36.2 Å². The van der Waals surface area contributed by atoms with E-state index in [0.29, 0.717) is 6.54 Å². The lowest BCUT2D eigenvalue weighted by molar-refractivity contribution is 0.745. The smallest absolute Gasteiger partial charge is 0.0999 e. The summed E-state index contributed by atoms with van der Waals surface area (Å²) in [6.45, 7) is 4.51. The summed E-state index contributed by atoms with van der Waals surface area (Å²) in [6.07, 6.45) is 1.94. The number of nitrogens with two attached hydrogens (primary N) is 1. The first-order valence-corrected chi connectivity index (χ1v) is 6.45. The Hall–Kier alpha value is -1.39. The van der Waals surface area contributed by atoms with Crippen molar-refractivity contribution in [3.05, 3.63) is 40.2 Å². The molecule has 0 aliphatic rings. The highest BCUT2D eigenvalue weighted by atomic mass is 35.5. The van der Waals surface area contributed by atoms with E-state index >= 15 is 0 Å². The van der Waals surface area contributed by atoms with E-state index < -0.39 is 0 Å². The van der Waals surface area contributed by atoms with Gasteiger partial charge in [0, 0.05) is 11.6 Å². The molecule has 2 rings (SSSR count). The van der Waals surface area contributed by atoms with Crippen molar-refractivity contribution < 1.29 is 0 Å². The minimum Gasteiger partial charge on any atom is -0.325 e. The van der Waals surface area contributed by atoms with Crippen LogP contribution >= 0.6 is 11.6 Å². The van der Waals surface area contributed by atoms with Crippen molar-refractivity contribution in [3.8, 4) is 5.69 Å². The summed E-state index contributed by atoms with van der Waals surface area (Å²) in [5, 5.41) is 9.04. The lowest BCUT2D eigenvalue weighted by atomic mass is 10.2. The van der Waals surface area contributed by atoms with E-state index in [-0.39, 0.29) is 0 Å². The molecule has 0 radical (unpaired) electrons. The molecule has 0 aliphatic carbocycles. The van der Waals surface area contributed by atoms with E-state index in [1.807, 2.05) is 29.8 Å². The van der Waals surface area contributed by atoms with Crippen molar-refractivity contribution in [2.45, 2.75) is 33.2 Å². The predicted octanol–water partition coefficient (Wildman–Crippen LogP) is 2.64. The third kappa shape index (κ3) is 2.40. The number of hydrogen-bond donors (Lipinski definition) is 1. The van der Waals surface area contributed by atoms with Crippen LogP contribution in [0.3, 0.4) is 0 Å². The van der Waals surface area contributed by atoms with E-state index in [1.54, 1.807) is 0 Å². The largest absolute Gasteiger partial charge is 0.325 e. The quantitative estimate of drug-likeness (QED) is 0.924. The number of nitrogens with zero attached hydrogens (tertiary/aromatic N) is 3. The lowest BCUT2D eigenvalue weighted by Crippen LogP contribution is -2.06. The normalized spacial score (nSPS) is 10.9. The van der Waals surface area contributed by atoms with Gasteiger partial charge in [-0.2, -0.15) is 0 Å². The molecular weight excluding hydrogens is 248 g/mol. The Morgan fingerprint density at radius 1 is 1.39 bits per heavy atom. The summed E-state index contributed by atoms with van der Waals surface area (Å²) < 4.78 is 1.83. The van der Waals surface area contributed by atoms with Gasteiger partial charge >= 0.3 is 0 Å². The first kappa shape index (κ1) is 13.1. The number of hydrogen-bond acceptors (Lipinski definition) is 3. The van der Waals surface area contributed by atoms with Crippen LogP contribution in [-0.4, -0.2) is 15.0 Å². The van der Waals surface area contributed by atoms with Gasteiger partial charge in [-0.05, 0) is 31.0 Å². The molecule has 0 bridgehead atoms. The van der Waals surface area contributed by atoms with Crippen LogP contribution in [0.15, 0.2) is 18.2 Å². The number of aromatic nitrogens is 3. The van der Waals surface area contributed by atoms with Gasteiger partial charge in [-0.25, -0.2) is 4.68 Å². The summed E-state index contributed by atoms with van der Waals surface area (Å²) in [4.78, 5) is 0. The number of halogens is 1. The van der Waals surface area contributed by atoms with Crippen molar-refractivity contribution >= 4 is 11.6 Å². The molecule has 18 heavy (non-hydrogen) atoms. The highest BCUT2D eigenvalue weighted by molar-refractivity contribution is 6.31. The van der Waals surface area contributed by atoms with Gasteiger partial charge in [0.2, 0.25) is 0 Å². The molecule has 96 valence electrons. The average molecular weight is 265 g/mol. The number of benzene rings is 1. The van der Waals surface area contributed by atoms with Crippen LogP contribution < -0.4 is 5.73 Å². The van der Waals surface area contributed by atoms with Gasteiger partial charge in [0.05, 0.1) is 17.1 Å². The fraction of sp³-hybridized carbons (Fsp3) is 0.385. The molecule has 2 aromatic rings. The van der Waals surface area contributed by atoms with Crippen molar-refractivity contribution in [3.63, 3.8) is 0 Å². The monoisotopic (exact) mass is 264 g/mol. The maximum Gasteiger partial charge on any atom is 0.0999 e. The third-order valence-electron chi connectivity index (χ3n) is 2.92. The SMILES string of the molecule is CCCc1c(CN)nnn1-c1ccc(C)c(Cl)c1. The molecule has 1 aromatic carbocycles. The molecule has 1 heterocycles. The Bertz CT molecular complexity index is 548. The molecule has 4 nitrogen and oxygen atoms in total. The lowest BCUT2D eigenvalue weighted by Gasteiger charge is -2.08. The second kappa shape index (κ2) is 5.50. The maximum atomic E-state index is 6.15. The fourth-order valence-corrected chi connectivity index (χ4v) is 2.07. The van der Waals surface area contributed by atoms with E-state index in [0.717, 1.165) is 40.5 Å². The maximum absolute atomic E-state index is 6.15. The van der Waals surface area contributed by atoms with Crippen molar-refractivity contribution in [1.82, 2.24) is 15.0 Å². The zero-order valence-corrected chi connectivity index (χ0v) is 11.4. The minimum atomic E-state index is 0.412. The summed E-state index contributed by atoms with van der Waals surface area (Å²) >= 11 is 6.15. The van der Waals surface area contributed by atoms with Crippen molar-refractivity contribution in [1.29, 1.82) is 0 Å². The Kier molecular flexibility index (Phi) is 3.99. The van der Waals surface area contributed by atoms with Gasteiger partial charge in [0.25, 0.3) is 0 Å². The highest BCUT2D eigenvalue weighted by Crippen LogP contribution is 2.21. The van der Waals surface area contributed by atoms with Gasteiger partial charge < -0.3 is 5.73 Å². The predicted molar refractivity (Wildman–Crippen MR) is 73.0 cm³/mol. The second-order valence-corrected chi connectivity index (χ2v) is 4.69. The zero-order valence-electron chi connectivity index (χ0n) is 10.7. The molecule has 0 atom stereocenters. The van der Waals surface area contributed by atoms with E-state index in [2.05, 4.69) is 17.2 Å². The fourth-order valence-electron chi connectivity index (χ4n) is 1.90. The first-order valence-electron chi connectivity index (χ1n) is 6.07.